The second-order valence-corrected chi connectivity index (χ2v) is 5.26. The lowest BCUT2D eigenvalue weighted by molar-refractivity contribution is -0.164. The van der Waals surface area contributed by atoms with E-state index in [-0.39, 0.29) is 0 Å². The summed E-state index contributed by atoms with van der Waals surface area (Å²) in [6.45, 7) is 0. The molecule has 0 amide bonds. The van der Waals surface area contributed by atoms with Crippen LogP contribution < -0.4 is 0 Å². The number of carbonyl (C=O) groups is 1. The van der Waals surface area contributed by atoms with Crippen molar-refractivity contribution in [3.05, 3.63) is 35.4 Å². The van der Waals surface area contributed by atoms with Crippen molar-refractivity contribution in [3.8, 4) is 0 Å². The lowest BCUT2D eigenvalue weighted by atomic mass is 9.84. The third kappa shape index (κ3) is 3.52. The zero-order chi connectivity index (χ0) is 13.9. The van der Waals surface area contributed by atoms with Gasteiger partial charge in [-0.25, -0.2) is 4.79 Å². The Morgan fingerprint density at radius 3 is 2.26 bits per heavy atom. The summed E-state index contributed by atoms with van der Waals surface area (Å²) in [5.41, 5.74) is 1.55. The van der Waals surface area contributed by atoms with Crippen molar-refractivity contribution in [1.29, 1.82) is 0 Å². The highest BCUT2D eigenvalue weighted by molar-refractivity contribution is 5.75. The molecule has 1 aliphatic rings. The third-order valence-corrected chi connectivity index (χ3v) is 3.80. The Morgan fingerprint density at radius 1 is 1.16 bits per heavy atom. The smallest absolute Gasteiger partial charge is 0.374 e. The molecule has 1 N–H and O–H groups in total. The van der Waals surface area contributed by atoms with Crippen LogP contribution in [0.5, 0.6) is 0 Å². The van der Waals surface area contributed by atoms with E-state index in [1.165, 1.54) is 24.8 Å². The van der Waals surface area contributed by atoms with Crippen molar-refractivity contribution in [3.63, 3.8) is 0 Å². The van der Waals surface area contributed by atoms with Crippen LogP contribution in [0.15, 0.2) is 24.3 Å². The average Bonchev–Trinajstić information content (AvgIpc) is 2.40. The first kappa shape index (κ1) is 14.0. The van der Waals surface area contributed by atoms with E-state index in [2.05, 4.69) is 0 Å². The van der Waals surface area contributed by atoms with Gasteiger partial charge in [0.25, 0.3) is 0 Å². The van der Waals surface area contributed by atoms with Crippen molar-refractivity contribution in [2.75, 3.05) is 0 Å². The number of benzene rings is 1. The first-order valence-corrected chi connectivity index (χ1v) is 6.69. The van der Waals surface area contributed by atoms with Crippen molar-refractivity contribution < 1.29 is 18.7 Å². The van der Waals surface area contributed by atoms with Crippen molar-refractivity contribution in [2.45, 2.75) is 50.4 Å². The number of hydrogen-bond donors (Lipinski definition) is 1. The minimum absolute atomic E-state index is 0.368. The highest BCUT2D eigenvalue weighted by Gasteiger charge is 2.38. The molecular formula is C15H18F2O2. The van der Waals surface area contributed by atoms with Crippen LogP contribution in [0.25, 0.3) is 0 Å². The summed E-state index contributed by atoms with van der Waals surface area (Å²) in [4.78, 5) is 10.4. The number of aliphatic carboxylic acids is 1. The second-order valence-electron chi connectivity index (χ2n) is 5.26. The molecule has 0 unspecified atom stereocenters. The van der Waals surface area contributed by atoms with Gasteiger partial charge < -0.3 is 5.11 Å². The van der Waals surface area contributed by atoms with Gasteiger partial charge in [0.1, 0.15) is 0 Å². The van der Waals surface area contributed by atoms with Crippen LogP contribution in [-0.4, -0.2) is 17.0 Å². The van der Waals surface area contributed by atoms with Gasteiger partial charge in [-0.1, -0.05) is 43.5 Å². The molecule has 0 radical (unpaired) electrons. The fraction of sp³-hybridized carbons (Fsp3) is 0.533. The predicted molar refractivity (Wildman–Crippen MR) is 68.6 cm³/mol. The molecule has 1 saturated carbocycles. The molecule has 0 aromatic heterocycles. The number of halogens is 2. The minimum Gasteiger partial charge on any atom is -0.477 e. The van der Waals surface area contributed by atoms with Gasteiger partial charge in [0.15, 0.2) is 0 Å². The molecule has 1 fully saturated rings. The normalized spacial score (nSPS) is 17.4. The number of rotatable bonds is 4. The molecule has 19 heavy (non-hydrogen) atoms. The van der Waals surface area contributed by atoms with Crippen molar-refractivity contribution in [2.24, 2.45) is 0 Å². The zero-order valence-corrected chi connectivity index (χ0v) is 10.7. The van der Waals surface area contributed by atoms with Crippen LogP contribution >= 0.6 is 0 Å². The zero-order valence-electron chi connectivity index (χ0n) is 10.7. The number of hydrogen-bond acceptors (Lipinski definition) is 1. The topological polar surface area (TPSA) is 37.3 Å². The summed E-state index contributed by atoms with van der Waals surface area (Å²) in [6, 6.07) is 6.98. The summed E-state index contributed by atoms with van der Waals surface area (Å²) in [5, 5.41) is 8.41. The van der Waals surface area contributed by atoms with Gasteiger partial charge in [-0.05, 0) is 29.9 Å². The molecule has 0 saturated heterocycles. The van der Waals surface area contributed by atoms with Gasteiger partial charge in [-0.3, -0.25) is 0 Å². The summed E-state index contributed by atoms with van der Waals surface area (Å²) >= 11 is 0. The standard InChI is InChI=1S/C15H18F2O2/c16-15(17,14(18)19)10-11-6-8-13(9-7-11)12-4-2-1-3-5-12/h6-9,12H,1-5,10H2,(H,18,19). The Balaban J connectivity index is 2.04. The van der Waals surface area contributed by atoms with Crippen LogP contribution in [0.4, 0.5) is 8.78 Å². The van der Waals surface area contributed by atoms with Crippen LogP contribution in [-0.2, 0) is 11.2 Å². The van der Waals surface area contributed by atoms with Gasteiger partial charge in [0.2, 0.25) is 0 Å². The lowest BCUT2D eigenvalue weighted by Crippen LogP contribution is -2.30. The molecule has 0 atom stereocenters. The molecule has 0 bridgehead atoms. The maximum Gasteiger partial charge on any atom is 0.374 e. The Morgan fingerprint density at radius 2 is 1.74 bits per heavy atom. The third-order valence-electron chi connectivity index (χ3n) is 3.80. The maximum absolute atomic E-state index is 13.1. The van der Waals surface area contributed by atoms with E-state index in [1.54, 1.807) is 12.1 Å². The Labute approximate surface area is 111 Å². The predicted octanol–water partition coefficient (Wildman–Crippen LogP) is 4.00. The van der Waals surface area contributed by atoms with Crippen molar-refractivity contribution in [1.82, 2.24) is 0 Å². The van der Waals surface area contributed by atoms with E-state index < -0.39 is 18.3 Å². The summed E-state index contributed by atoms with van der Waals surface area (Å²) in [5.74, 6) is -5.22. The SMILES string of the molecule is O=C(O)C(F)(F)Cc1ccc(C2CCCCC2)cc1. The molecule has 2 rings (SSSR count). The monoisotopic (exact) mass is 268 g/mol. The van der Waals surface area contributed by atoms with E-state index in [0.29, 0.717) is 11.5 Å². The molecule has 1 aromatic carbocycles. The number of alkyl halides is 2. The summed E-state index contributed by atoms with van der Waals surface area (Å²) in [6.07, 6.45) is 5.30. The average molecular weight is 268 g/mol. The van der Waals surface area contributed by atoms with E-state index in [1.807, 2.05) is 12.1 Å². The highest BCUT2D eigenvalue weighted by Crippen LogP contribution is 2.33. The number of carboxylic acids is 1. The molecule has 1 aliphatic carbocycles. The summed E-state index contributed by atoms with van der Waals surface area (Å²) in [7, 11) is 0. The molecule has 0 heterocycles. The van der Waals surface area contributed by atoms with Crippen LogP contribution in [0.1, 0.15) is 49.1 Å². The van der Waals surface area contributed by atoms with E-state index in [4.69, 9.17) is 5.11 Å². The molecule has 2 nitrogen and oxygen atoms in total. The molecule has 4 heteroatoms. The van der Waals surface area contributed by atoms with E-state index in [0.717, 1.165) is 12.8 Å². The highest BCUT2D eigenvalue weighted by atomic mass is 19.3. The fourth-order valence-corrected chi connectivity index (χ4v) is 2.68. The van der Waals surface area contributed by atoms with E-state index in [9.17, 15) is 13.6 Å². The Kier molecular flexibility index (Phi) is 4.17. The molecular weight excluding hydrogens is 250 g/mol. The first-order chi connectivity index (χ1) is 8.99. The molecule has 1 aromatic rings. The Bertz CT molecular complexity index is 434. The van der Waals surface area contributed by atoms with Crippen LogP contribution in [0, 0.1) is 0 Å². The van der Waals surface area contributed by atoms with E-state index >= 15 is 0 Å². The Hall–Kier alpha value is -1.45. The lowest BCUT2D eigenvalue weighted by Gasteiger charge is -2.22. The van der Waals surface area contributed by atoms with Gasteiger partial charge >= 0.3 is 11.9 Å². The fourth-order valence-electron chi connectivity index (χ4n) is 2.68. The first-order valence-electron chi connectivity index (χ1n) is 6.69. The summed E-state index contributed by atoms with van der Waals surface area (Å²) < 4.78 is 26.2. The van der Waals surface area contributed by atoms with Gasteiger partial charge in [-0.15, -0.1) is 0 Å². The maximum atomic E-state index is 13.1. The minimum atomic E-state index is -3.69. The van der Waals surface area contributed by atoms with Gasteiger partial charge in [-0.2, -0.15) is 8.78 Å². The van der Waals surface area contributed by atoms with Crippen LogP contribution in [0.3, 0.4) is 0 Å². The molecule has 0 spiro atoms. The quantitative estimate of drug-likeness (QED) is 0.896. The largest absolute Gasteiger partial charge is 0.477 e. The van der Waals surface area contributed by atoms with Crippen LogP contribution in [0.2, 0.25) is 0 Å². The van der Waals surface area contributed by atoms with Gasteiger partial charge in [0, 0.05) is 6.42 Å². The second kappa shape index (κ2) is 5.68. The number of carboxylic acid groups (broad SMARTS) is 1. The van der Waals surface area contributed by atoms with Gasteiger partial charge in [0.05, 0.1) is 0 Å². The molecule has 0 aliphatic heterocycles. The van der Waals surface area contributed by atoms with Crippen molar-refractivity contribution >= 4 is 5.97 Å². The molecule has 104 valence electrons.